The first-order chi connectivity index (χ1) is 10.9. The zero-order chi connectivity index (χ0) is 16.6. The number of nitrogens with zero attached hydrogens (tertiary/aromatic N) is 4. The van der Waals surface area contributed by atoms with Crippen molar-refractivity contribution in [2.24, 2.45) is 0 Å². The highest BCUT2D eigenvalue weighted by Gasteiger charge is 2.44. The van der Waals surface area contributed by atoms with Crippen LogP contribution in [-0.4, -0.2) is 49.5 Å². The Morgan fingerprint density at radius 3 is 2.48 bits per heavy atom. The first-order valence-corrected chi connectivity index (χ1v) is 8.21. The SMILES string of the molecule is Cc1nc(C)c(C(=O)N2CCC(C(=O)O)(n3ccnc3)CC2)s1. The number of thiazole rings is 1. The second kappa shape index (κ2) is 5.77. The molecule has 0 aromatic carbocycles. The number of likely N-dealkylation sites (tertiary alicyclic amines) is 1. The molecule has 0 radical (unpaired) electrons. The third kappa shape index (κ3) is 2.63. The fourth-order valence-corrected chi connectivity index (χ4v) is 3.94. The van der Waals surface area contributed by atoms with Gasteiger partial charge in [0.05, 0.1) is 17.0 Å². The maximum atomic E-state index is 12.6. The van der Waals surface area contributed by atoms with E-state index in [0.29, 0.717) is 30.8 Å². The van der Waals surface area contributed by atoms with Gasteiger partial charge in [0.1, 0.15) is 10.4 Å². The van der Waals surface area contributed by atoms with E-state index in [1.54, 1.807) is 21.9 Å². The summed E-state index contributed by atoms with van der Waals surface area (Å²) >= 11 is 1.39. The smallest absolute Gasteiger partial charge is 0.330 e. The highest BCUT2D eigenvalue weighted by Crippen LogP contribution is 2.32. The Labute approximate surface area is 137 Å². The maximum absolute atomic E-state index is 12.6. The molecule has 0 bridgehead atoms. The van der Waals surface area contributed by atoms with Gasteiger partial charge in [0.25, 0.3) is 5.91 Å². The largest absolute Gasteiger partial charge is 0.479 e. The van der Waals surface area contributed by atoms with Crippen molar-refractivity contribution in [2.45, 2.75) is 32.2 Å². The van der Waals surface area contributed by atoms with Crippen LogP contribution in [0.2, 0.25) is 0 Å². The van der Waals surface area contributed by atoms with Crippen molar-refractivity contribution in [1.82, 2.24) is 19.4 Å². The third-order valence-electron chi connectivity index (χ3n) is 4.37. The number of carbonyl (C=O) groups excluding carboxylic acids is 1. The number of rotatable bonds is 3. The lowest BCUT2D eigenvalue weighted by Crippen LogP contribution is -2.52. The molecule has 0 aliphatic carbocycles. The van der Waals surface area contributed by atoms with Crippen LogP contribution in [0.25, 0.3) is 0 Å². The Hall–Kier alpha value is -2.22. The number of amides is 1. The highest BCUT2D eigenvalue weighted by molar-refractivity contribution is 7.13. The lowest BCUT2D eigenvalue weighted by molar-refractivity contribution is -0.150. The molecule has 3 heterocycles. The van der Waals surface area contributed by atoms with Crippen molar-refractivity contribution in [3.8, 4) is 0 Å². The van der Waals surface area contributed by atoms with Crippen molar-refractivity contribution in [3.63, 3.8) is 0 Å². The van der Waals surface area contributed by atoms with Crippen molar-refractivity contribution >= 4 is 23.2 Å². The standard InChI is InChI=1S/C15H18N4O3S/c1-10-12(23-11(2)17-10)13(20)18-6-3-15(4-7-18,14(21)22)19-8-5-16-9-19/h5,8-9H,3-4,6-7H2,1-2H3,(H,21,22). The molecule has 0 unspecified atom stereocenters. The molecule has 122 valence electrons. The number of aryl methyl sites for hydroxylation is 2. The van der Waals surface area contributed by atoms with Crippen LogP contribution in [0.5, 0.6) is 0 Å². The molecule has 1 fully saturated rings. The molecule has 1 amide bonds. The molecule has 8 heteroatoms. The van der Waals surface area contributed by atoms with Gasteiger partial charge in [-0.2, -0.15) is 0 Å². The Bertz CT molecular complexity index is 730. The van der Waals surface area contributed by atoms with Crippen LogP contribution >= 0.6 is 11.3 Å². The van der Waals surface area contributed by atoms with Crippen molar-refractivity contribution in [3.05, 3.63) is 34.3 Å². The van der Waals surface area contributed by atoms with E-state index in [0.717, 1.165) is 10.7 Å². The summed E-state index contributed by atoms with van der Waals surface area (Å²) in [7, 11) is 0. The average Bonchev–Trinajstić information content (AvgIpc) is 3.16. The molecule has 3 rings (SSSR count). The molecule has 2 aromatic rings. The highest BCUT2D eigenvalue weighted by atomic mass is 32.1. The predicted molar refractivity (Wildman–Crippen MR) is 84.6 cm³/mol. The number of piperidine rings is 1. The molecule has 1 N–H and O–H groups in total. The lowest BCUT2D eigenvalue weighted by Gasteiger charge is -2.39. The van der Waals surface area contributed by atoms with Crippen molar-refractivity contribution in [2.75, 3.05) is 13.1 Å². The Morgan fingerprint density at radius 2 is 2.00 bits per heavy atom. The minimum Gasteiger partial charge on any atom is -0.479 e. The van der Waals surface area contributed by atoms with Gasteiger partial charge in [-0.15, -0.1) is 11.3 Å². The summed E-state index contributed by atoms with van der Waals surface area (Å²) in [6.07, 6.45) is 5.50. The van der Waals surface area contributed by atoms with Crippen LogP contribution in [0.1, 0.15) is 33.2 Å². The summed E-state index contributed by atoms with van der Waals surface area (Å²) < 4.78 is 1.64. The summed E-state index contributed by atoms with van der Waals surface area (Å²) in [6.45, 7) is 4.51. The van der Waals surface area contributed by atoms with Gasteiger partial charge in [0.15, 0.2) is 0 Å². The minimum absolute atomic E-state index is 0.0577. The molecule has 0 atom stereocenters. The number of hydrogen-bond donors (Lipinski definition) is 1. The van der Waals surface area contributed by atoms with Gasteiger partial charge in [-0.25, -0.2) is 14.8 Å². The number of carboxylic acids is 1. The minimum atomic E-state index is -1.02. The van der Waals surface area contributed by atoms with Crippen LogP contribution < -0.4 is 0 Å². The van der Waals surface area contributed by atoms with Gasteiger partial charge >= 0.3 is 5.97 Å². The number of carboxylic acid groups (broad SMARTS) is 1. The second-order valence-electron chi connectivity index (χ2n) is 5.75. The predicted octanol–water partition coefficient (Wildman–Crippen LogP) is 1.67. The summed E-state index contributed by atoms with van der Waals surface area (Å²) in [4.78, 5) is 35.1. The van der Waals surface area contributed by atoms with Gasteiger partial charge in [-0.3, -0.25) is 4.79 Å². The number of hydrogen-bond acceptors (Lipinski definition) is 5. The molecule has 1 aliphatic rings. The molecule has 1 aliphatic heterocycles. The second-order valence-corrected chi connectivity index (χ2v) is 6.95. The van der Waals surface area contributed by atoms with Gasteiger partial charge < -0.3 is 14.6 Å². The summed E-state index contributed by atoms with van der Waals surface area (Å²) in [5.74, 6) is -0.940. The van der Waals surface area contributed by atoms with Crippen LogP contribution in [0.3, 0.4) is 0 Å². The number of carbonyl (C=O) groups is 2. The summed E-state index contributed by atoms with van der Waals surface area (Å²) in [6, 6.07) is 0. The van der Waals surface area contributed by atoms with Crippen LogP contribution in [0, 0.1) is 13.8 Å². The number of aliphatic carboxylic acids is 1. The van der Waals surface area contributed by atoms with Crippen LogP contribution in [-0.2, 0) is 10.3 Å². The average molecular weight is 334 g/mol. The normalized spacial score (nSPS) is 17.2. The van der Waals surface area contributed by atoms with Gasteiger partial charge in [-0.05, 0) is 26.7 Å². The van der Waals surface area contributed by atoms with Crippen LogP contribution in [0.4, 0.5) is 0 Å². The van der Waals surface area contributed by atoms with E-state index in [2.05, 4.69) is 9.97 Å². The van der Waals surface area contributed by atoms with E-state index in [4.69, 9.17) is 0 Å². The van der Waals surface area contributed by atoms with E-state index in [1.165, 1.54) is 17.7 Å². The third-order valence-corrected chi connectivity index (χ3v) is 5.43. The topological polar surface area (TPSA) is 88.3 Å². The molecule has 23 heavy (non-hydrogen) atoms. The Kier molecular flexibility index (Phi) is 3.93. The number of imidazole rings is 1. The van der Waals surface area contributed by atoms with E-state index >= 15 is 0 Å². The Morgan fingerprint density at radius 1 is 1.30 bits per heavy atom. The zero-order valence-corrected chi connectivity index (χ0v) is 13.8. The quantitative estimate of drug-likeness (QED) is 0.922. The lowest BCUT2D eigenvalue weighted by atomic mass is 9.87. The Balaban J connectivity index is 1.78. The molecule has 0 spiro atoms. The molecule has 0 saturated carbocycles. The van der Waals surface area contributed by atoms with Crippen molar-refractivity contribution < 1.29 is 14.7 Å². The molecule has 1 saturated heterocycles. The summed E-state index contributed by atoms with van der Waals surface area (Å²) in [5.41, 5.74) is -0.284. The van der Waals surface area contributed by atoms with Crippen LogP contribution in [0.15, 0.2) is 18.7 Å². The van der Waals surface area contributed by atoms with E-state index in [9.17, 15) is 14.7 Å². The molecular weight excluding hydrogens is 316 g/mol. The molecule has 7 nitrogen and oxygen atoms in total. The van der Waals surface area contributed by atoms with E-state index in [-0.39, 0.29) is 5.91 Å². The summed E-state index contributed by atoms with van der Waals surface area (Å²) in [5, 5.41) is 10.6. The first kappa shape index (κ1) is 15.7. The molecular formula is C15H18N4O3S. The number of aromatic nitrogens is 3. The maximum Gasteiger partial charge on any atom is 0.330 e. The fourth-order valence-electron chi connectivity index (χ4n) is 3.05. The van der Waals surface area contributed by atoms with Gasteiger partial charge in [0, 0.05) is 25.5 Å². The van der Waals surface area contributed by atoms with Gasteiger partial charge in [0.2, 0.25) is 0 Å². The monoisotopic (exact) mass is 334 g/mol. The van der Waals surface area contributed by atoms with Crippen molar-refractivity contribution in [1.29, 1.82) is 0 Å². The molecule has 2 aromatic heterocycles. The fraction of sp³-hybridized carbons (Fsp3) is 0.467. The van der Waals surface area contributed by atoms with Gasteiger partial charge in [-0.1, -0.05) is 0 Å². The van der Waals surface area contributed by atoms with E-state index < -0.39 is 11.5 Å². The first-order valence-electron chi connectivity index (χ1n) is 7.39. The van der Waals surface area contributed by atoms with E-state index in [1.807, 2.05) is 13.8 Å². The zero-order valence-electron chi connectivity index (χ0n) is 13.0.